The number of rotatable bonds is 5. The van der Waals surface area contributed by atoms with Crippen LogP contribution in [0.25, 0.3) is 0 Å². The van der Waals surface area contributed by atoms with Crippen LogP contribution in [-0.4, -0.2) is 6.54 Å². The Morgan fingerprint density at radius 3 is 2.71 bits per heavy atom. The second-order valence-corrected chi connectivity index (χ2v) is 6.39. The molecular formula is C16H15BrCl2FN. The van der Waals surface area contributed by atoms with Gasteiger partial charge in [0.15, 0.2) is 0 Å². The van der Waals surface area contributed by atoms with Crippen molar-refractivity contribution in [3.8, 4) is 0 Å². The lowest BCUT2D eigenvalue weighted by Gasteiger charge is -2.20. The molecule has 0 aromatic heterocycles. The second-order valence-electron chi connectivity index (χ2n) is 4.69. The average molecular weight is 391 g/mol. The highest BCUT2D eigenvalue weighted by Crippen LogP contribution is 2.30. The van der Waals surface area contributed by atoms with Crippen molar-refractivity contribution in [2.24, 2.45) is 0 Å². The SMILES string of the molecule is CCNC(Cc1cccc(Cl)c1F)c1cc(Cl)ccc1Br. The largest absolute Gasteiger partial charge is 0.310 e. The van der Waals surface area contributed by atoms with Crippen LogP contribution in [0.1, 0.15) is 24.1 Å². The summed E-state index contributed by atoms with van der Waals surface area (Å²) in [5.41, 5.74) is 1.59. The Bertz CT molecular complexity index is 634. The second kappa shape index (κ2) is 7.59. The molecule has 1 atom stereocenters. The number of halogens is 4. The number of hydrogen-bond acceptors (Lipinski definition) is 1. The zero-order valence-corrected chi connectivity index (χ0v) is 14.6. The van der Waals surface area contributed by atoms with E-state index in [4.69, 9.17) is 23.2 Å². The molecule has 1 nitrogen and oxygen atoms in total. The molecule has 0 spiro atoms. The van der Waals surface area contributed by atoms with E-state index in [1.54, 1.807) is 18.2 Å². The third kappa shape index (κ3) is 4.19. The molecule has 0 amide bonds. The van der Waals surface area contributed by atoms with Crippen LogP contribution in [0.3, 0.4) is 0 Å². The first-order chi connectivity index (χ1) is 10.0. The van der Waals surface area contributed by atoms with Gasteiger partial charge in [-0.3, -0.25) is 0 Å². The minimum atomic E-state index is -0.361. The quantitative estimate of drug-likeness (QED) is 0.681. The fourth-order valence-corrected chi connectivity index (χ4v) is 3.14. The Kier molecular flexibility index (Phi) is 6.06. The standard InChI is InChI=1S/C16H15BrCl2FN/c1-2-21-15(12-9-11(18)6-7-13(12)17)8-10-4-3-5-14(19)16(10)20/h3-7,9,15,21H,2,8H2,1H3. The van der Waals surface area contributed by atoms with E-state index in [1.165, 1.54) is 0 Å². The average Bonchev–Trinajstić information content (AvgIpc) is 2.46. The summed E-state index contributed by atoms with van der Waals surface area (Å²) in [5.74, 6) is -0.361. The van der Waals surface area contributed by atoms with Gasteiger partial charge in [-0.25, -0.2) is 4.39 Å². The molecule has 0 aliphatic rings. The van der Waals surface area contributed by atoms with Crippen LogP contribution in [0.2, 0.25) is 10.0 Å². The molecule has 21 heavy (non-hydrogen) atoms. The van der Waals surface area contributed by atoms with E-state index in [-0.39, 0.29) is 16.9 Å². The van der Waals surface area contributed by atoms with Crippen molar-refractivity contribution >= 4 is 39.1 Å². The van der Waals surface area contributed by atoms with Gasteiger partial charge in [-0.1, -0.05) is 58.2 Å². The monoisotopic (exact) mass is 389 g/mol. The maximum absolute atomic E-state index is 14.1. The van der Waals surface area contributed by atoms with Gasteiger partial charge < -0.3 is 5.32 Å². The number of benzene rings is 2. The van der Waals surface area contributed by atoms with Crippen LogP contribution < -0.4 is 5.32 Å². The molecule has 2 aromatic carbocycles. The van der Waals surface area contributed by atoms with Crippen molar-refractivity contribution in [1.82, 2.24) is 5.32 Å². The first-order valence-corrected chi connectivity index (χ1v) is 8.19. The highest BCUT2D eigenvalue weighted by atomic mass is 79.9. The zero-order valence-electron chi connectivity index (χ0n) is 11.5. The molecular weight excluding hydrogens is 376 g/mol. The molecule has 112 valence electrons. The Morgan fingerprint density at radius 1 is 1.24 bits per heavy atom. The number of nitrogens with one attached hydrogen (secondary N) is 1. The summed E-state index contributed by atoms with van der Waals surface area (Å²) < 4.78 is 15.0. The van der Waals surface area contributed by atoms with Crippen molar-refractivity contribution < 1.29 is 4.39 Å². The predicted molar refractivity (Wildman–Crippen MR) is 90.7 cm³/mol. The van der Waals surface area contributed by atoms with Crippen molar-refractivity contribution in [3.05, 3.63) is 67.9 Å². The summed E-state index contributed by atoms with van der Waals surface area (Å²) in [4.78, 5) is 0. The third-order valence-electron chi connectivity index (χ3n) is 3.24. The van der Waals surface area contributed by atoms with E-state index >= 15 is 0 Å². The van der Waals surface area contributed by atoms with Crippen molar-refractivity contribution in [2.45, 2.75) is 19.4 Å². The van der Waals surface area contributed by atoms with Crippen molar-refractivity contribution in [3.63, 3.8) is 0 Å². The molecule has 0 aliphatic heterocycles. The van der Waals surface area contributed by atoms with Crippen molar-refractivity contribution in [2.75, 3.05) is 6.54 Å². The fourth-order valence-electron chi connectivity index (χ4n) is 2.25. The lowest BCUT2D eigenvalue weighted by molar-refractivity contribution is 0.526. The van der Waals surface area contributed by atoms with Crippen LogP contribution in [0.5, 0.6) is 0 Å². The van der Waals surface area contributed by atoms with E-state index in [0.29, 0.717) is 17.0 Å². The first-order valence-electron chi connectivity index (χ1n) is 6.64. The molecule has 0 radical (unpaired) electrons. The van der Waals surface area contributed by atoms with Gasteiger partial charge in [0, 0.05) is 15.5 Å². The van der Waals surface area contributed by atoms with Gasteiger partial charge in [0.05, 0.1) is 5.02 Å². The Morgan fingerprint density at radius 2 is 2.00 bits per heavy atom. The van der Waals surface area contributed by atoms with Crippen LogP contribution in [0.15, 0.2) is 40.9 Å². The van der Waals surface area contributed by atoms with Crippen LogP contribution in [0, 0.1) is 5.82 Å². The normalized spacial score (nSPS) is 12.4. The summed E-state index contributed by atoms with van der Waals surface area (Å²) in [6.07, 6.45) is 0.499. The van der Waals surface area contributed by atoms with E-state index in [9.17, 15) is 4.39 Å². The third-order valence-corrected chi connectivity index (χ3v) is 4.49. The lowest BCUT2D eigenvalue weighted by atomic mass is 9.98. The smallest absolute Gasteiger partial charge is 0.145 e. The maximum atomic E-state index is 14.1. The summed E-state index contributed by atoms with van der Waals surface area (Å²) in [6.45, 7) is 2.78. The summed E-state index contributed by atoms with van der Waals surface area (Å²) in [5, 5.41) is 4.17. The highest BCUT2D eigenvalue weighted by Gasteiger charge is 2.17. The Labute approximate surface area is 142 Å². The molecule has 2 aromatic rings. The van der Waals surface area contributed by atoms with E-state index in [2.05, 4.69) is 21.2 Å². The van der Waals surface area contributed by atoms with Gasteiger partial charge in [0.1, 0.15) is 5.82 Å². The number of likely N-dealkylation sites (N-methyl/N-ethyl adjacent to an activating group) is 1. The molecule has 0 fully saturated rings. The summed E-state index contributed by atoms with van der Waals surface area (Å²) in [7, 11) is 0. The van der Waals surface area contributed by atoms with E-state index < -0.39 is 0 Å². The maximum Gasteiger partial charge on any atom is 0.145 e. The van der Waals surface area contributed by atoms with E-state index in [0.717, 1.165) is 16.6 Å². The molecule has 1 unspecified atom stereocenters. The molecule has 0 aliphatic carbocycles. The topological polar surface area (TPSA) is 12.0 Å². The van der Waals surface area contributed by atoms with Crippen LogP contribution in [0.4, 0.5) is 4.39 Å². The van der Waals surface area contributed by atoms with Crippen molar-refractivity contribution in [1.29, 1.82) is 0 Å². The molecule has 0 heterocycles. The minimum Gasteiger partial charge on any atom is -0.310 e. The first kappa shape index (κ1) is 16.8. The summed E-state index contributed by atoms with van der Waals surface area (Å²) in [6, 6.07) is 10.6. The van der Waals surface area contributed by atoms with Gasteiger partial charge in [-0.15, -0.1) is 0 Å². The van der Waals surface area contributed by atoms with Gasteiger partial charge in [-0.2, -0.15) is 0 Å². The predicted octanol–water partition coefficient (Wildman–Crippen LogP) is 5.79. The molecule has 5 heteroatoms. The van der Waals surface area contributed by atoms with Gasteiger partial charge in [0.2, 0.25) is 0 Å². The van der Waals surface area contributed by atoms with E-state index in [1.807, 2.05) is 25.1 Å². The Hall–Kier alpha value is -0.610. The van der Waals surface area contributed by atoms with Crippen LogP contribution >= 0.6 is 39.1 Å². The minimum absolute atomic E-state index is 0.0453. The number of hydrogen-bond donors (Lipinski definition) is 1. The van der Waals surface area contributed by atoms with Crippen LogP contribution in [-0.2, 0) is 6.42 Å². The molecule has 1 N–H and O–H groups in total. The summed E-state index contributed by atoms with van der Waals surface area (Å²) >= 11 is 15.5. The fraction of sp³-hybridized carbons (Fsp3) is 0.250. The molecule has 0 bridgehead atoms. The van der Waals surface area contributed by atoms with Gasteiger partial charge in [-0.05, 0) is 48.4 Å². The Balaban J connectivity index is 2.35. The zero-order chi connectivity index (χ0) is 15.4. The van der Waals surface area contributed by atoms with Gasteiger partial charge >= 0.3 is 0 Å². The molecule has 0 saturated heterocycles. The highest BCUT2D eigenvalue weighted by molar-refractivity contribution is 9.10. The lowest BCUT2D eigenvalue weighted by Crippen LogP contribution is -2.23. The van der Waals surface area contributed by atoms with Gasteiger partial charge in [0.25, 0.3) is 0 Å². The molecule has 0 saturated carbocycles. The molecule has 2 rings (SSSR count).